The Hall–Kier alpha value is -1.98. The zero-order valence-electron chi connectivity index (χ0n) is 11.8. The van der Waals surface area contributed by atoms with E-state index < -0.39 is 0 Å². The Morgan fingerprint density at radius 1 is 1.19 bits per heavy atom. The van der Waals surface area contributed by atoms with Gasteiger partial charge in [0.15, 0.2) is 0 Å². The van der Waals surface area contributed by atoms with Crippen LogP contribution < -0.4 is 4.74 Å². The maximum Gasteiger partial charge on any atom is 0.138 e. The second kappa shape index (κ2) is 7.71. The van der Waals surface area contributed by atoms with Gasteiger partial charge >= 0.3 is 0 Å². The second-order valence-corrected chi connectivity index (χ2v) is 5.04. The van der Waals surface area contributed by atoms with E-state index in [9.17, 15) is 4.39 Å². The zero-order chi connectivity index (χ0) is 15.1. The molecule has 1 nitrogen and oxygen atoms in total. The number of aryl methyl sites for hydroxylation is 1. The predicted octanol–water partition coefficient (Wildman–Crippen LogP) is 4.69. The first-order valence-corrected chi connectivity index (χ1v) is 7.25. The van der Waals surface area contributed by atoms with Crippen molar-refractivity contribution in [1.82, 2.24) is 0 Å². The molecule has 0 aromatic heterocycles. The van der Waals surface area contributed by atoms with Crippen molar-refractivity contribution in [2.45, 2.75) is 20.0 Å². The summed E-state index contributed by atoms with van der Waals surface area (Å²) in [7, 11) is 0. The van der Waals surface area contributed by atoms with Gasteiger partial charge < -0.3 is 4.74 Å². The third-order valence-electron chi connectivity index (χ3n) is 2.86. The minimum absolute atomic E-state index is 0.336. The van der Waals surface area contributed by atoms with Crippen molar-refractivity contribution in [3.63, 3.8) is 0 Å². The van der Waals surface area contributed by atoms with Crippen LogP contribution in [0.1, 0.15) is 23.1 Å². The molecule has 0 amide bonds. The topological polar surface area (TPSA) is 9.23 Å². The van der Waals surface area contributed by atoms with Crippen LogP contribution in [0, 0.1) is 24.6 Å². The summed E-state index contributed by atoms with van der Waals surface area (Å²) >= 11 is 5.60. The van der Waals surface area contributed by atoms with Crippen molar-refractivity contribution >= 4 is 11.6 Å². The van der Waals surface area contributed by atoms with E-state index in [1.165, 1.54) is 12.1 Å². The third-order valence-corrected chi connectivity index (χ3v) is 3.05. The average Bonchev–Trinajstić information content (AvgIpc) is 2.47. The molecule has 0 saturated heterocycles. The average molecular weight is 303 g/mol. The highest BCUT2D eigenvalue weighted by atomic mass is 35.5. The third kappa shape index (κ3) is 4.81. The van der Waals surface area contributed by atoms with E-state index in [-0.39, 0.29) is 5.82 Å². The first-order valence-electron chi connectivity index (χ1n) is 6.72. The van der Waals surface area contributed by atoms with Crippen LogP contribution in [0.4, 0.5) is 4.39 Å². The zero-order valence-corrected chi connectivity index (χ0v) is 12.6. The Labute approximate surface area is 129 Å². The van der Waals surface area contributed by atoms with Crippen molar-refractivity contribution < 1.29 is 9.13 Å². The summed E-state index contributed by atoms with van der Waals surface area (Å²) in [6, 6.07) is 12.4. The number of ether oxygens (including phenoxy) is 1. The molecule has 2 aromatic carbocycles. The summed E-state index contributed by atoms with van der Waals surface area (Å²) in [4.78, 5) is 0. The van der Waals surface area contributed by atoms with Crippen LogP contribution in [0.3, 0.4) is 0 Å². The normalized spacial score (nSPS) is 9.86. The van der Waals surface area contributed by atoms with E-state index in [1.807, 2.05) is 31.2 Å². The van der Waals surface area contributed by atoms with Gasteiger partial charge in [0, 0.05) is 18.4 Å². The molecule has 21 heavy (non-hydrogen) atoms. The van der Waals surface area contributed by atoms with Gasteiger partial charge in [-0.3, -0.25) is 0 Å². The van der Waals surface area contributed by atoms with Crippen molar-refractivity contribution in [2.24, 2.45) is 0 Å². The van der Waals surface area contributed by atoms with E-state index >= 15 is 0 Å². The minimum atomic E-state index is -0.336. The molecule has 0 aliphatic heterocycles. The first-order chi connectivity index (χ1) is 10.2. The van der Waals surface area contributed by atoms with Gasteiger partial charge in [-0.05, 0) is 24.6 Å². The monoisotopic (exact) mass is 302 g/mol. The van der Waals surface area contributed by atoms with Crippen LogP contribution in [-0.2, 0) is 6.61 Å². The Morgan fingerprint density at radius 2 is 2.05 bits per heavy atom. The maximum atomic E-state index is 13.4. The van der Waals surface area contributed by atoms with Gasteiger partial charge in [0.1, 0.15) is 18.2 Å². The Morgan fingerprint density at radius 3 is 2.81 bits per heavy atom. The molecule has 3 heteroatoms. The van der Waals surface area contributed by atoms with Gasteiger partial charge in [-0.1, -0.05) is 41.7 Å². The Kier molecular flexibility index (Phi) is 5.66. The molecule has 0 aliphatic carbocycles. The molecule has 0 heterocycles. The number of hydrogen-bond donors (Lipinski definition) is 0. The molecule has 2 rings (SSSR count). The lowest BCUT2D eigenvalue weighted by Gasteiger charge is -2.09. The highest BCUT2D eigenvalue weighted by Gasteiger charge is 2.04. The summed E-state index contributed by atoms with van der Waals surface area (Å²) in [5.74, 6) is 6.50. The van der Waals surface area contributed by atoms with Gasteiger partial charge in [-0.2, -0.15) is 0 Å². The summed E-state index contributed by atoms with van der Waals surface area (Å²) in [6.07, 6.45) is 0.594. The highest BCUT2D eigenvalue weighted by Crippen LogP contribution is 2.20. The van der Waals surface area contributed by atoms with Gasteiger partial charge in [-0.25, -0.2) is 4.39 Å². The lowest BCUT2D eigenvalue weighted by Crippen LogP contribution is -1.98. The molecule has 0 bridgehead atoms. The number of alkyl halides is 1. The molecule has 0 spiro atoms. The lowest BCUT2D eigenvalue weighted by atomic mass is 10.1. The predicted molar refractivity (Wildman–Crippen MR) is 84.1 cm³/mol. The number of benzene rings is 2. The van der Waals surface area contributed by atoms with Crippen LogP contribution >= 0.6 is 11.6 Å². The lowest BCUT2D eigenvalue weighted by molar-refractivity contribution is 0.303. The Bertz CT molecular complexity index is 670. The van der Waals surface area contributed by atoms with Gasteiger partial charge in [0.05, 0.1) is 5.56 Å². The molecule has 0 fully saturated rings. The minimum Gasteiger partial charge on any atom is -0.487 e. The fourth-order valence-corrected chi connectivity index (χ4v) is 1.98. The van der Waals surface area contributed by atoms with Crippen LogP contribution in [0.25, 0.3) is 0 Å². The summed E-state index contributed by atoms with van der Waals surface area (Å²) in [5.41, 5.74) is 2.88. The van der Waals surface area contributed by atoms with Gasteiger partial charge in [0.25, 0.3) is 0 Å². The second-order valence-electron chi connectivity index (χ2n) is 4.66. The number of rotatable bonds is 4. The molecule has 108 valence electrons. The molecule has 0 radical (unpaired) electrons. The standard InChI is InChI=1S/C18H16ClFO/c1-14-5-4-6-15(11-14)13-21-18-12-17(20)9-8-16(18)7-2-3-10-19/h4-6,8-9,11-12H,3,10,13H2,1H3. The molecule has 0 aliphatic rings. The van der Waals surface area contributed by atoms with Crippen molar-refractivity contribution in [1.29, 1.82) is 0 Å². The molecule has 0 N–H and O–H groups in total. The first kappa shape index (κ1) is 15.4. The smallest absolute Gasteiger partial charge is 0.138 e. The van der Waals surface area contributed by atoms with E-state index in [4.69, 9.17) is 16.3 Å². The molecular formula is C18H16ClFO. The van der Waals surface area contributed by atoms with Crippen LogP contribution in [0.2, 0.25) is 0 Å². The summed E-state index contributed by atoms with van der Waals surface area (Å²) in [6.45, 7) is 2.41. The Balaban J connectivity index is 2.15. The van der Waals surface area contributed by atoms with Crippen molar-refractivity contribution in [3.8, 4) is 17.6 Å². The van der Waals surface area contributed by atoms with E-state index in [2.05, 4.69) is 11.8 Å². The van der Waals surface area contributed by atoms with E-state index in [0.717, 1.165) is 11.1 Å². The molecule has 0 saturated carbocycles. The fourth-order valence-electron chi connectivity index (χ4n) is 1.89. The molecular weight excluding hydrogens is 287 g/mol. The number of hydrogen-bond acceptors (Lipinski definition) is 1. The van der Waals surface area contributed by atoms with Crippen LogP contribution in [0.15, 0.2) is 42.5 Å². The fraction of sp³-hybridized carbons (Fsp3) is 0.222. The molecule has 2 aromatic rings. The molecule has 0 atom stereocenters. The van der Waals surface area contributed by atoms with Gasteiger partial charge in [0.2, 0.25) is 0 Å². The van der Waals surface area contributed by atoms with Crippen molar-refractivity contribution in [3.05, 3.63) is 65.0 Å². The highest BCUT2D eigenvalue weighted by molar-refractivity contribution is 6.18. The largest absolute Gasteiger partial charge is 0.487 e. The SMILES string of the molecule is Cc1cccc(COc2cc(F)ccc2C#CCCCl)c1. The maximum absolute atomic E-state index is 13.4. The summed E-state index contributed by atoms with van der Waals surface area (Å²) < 4.78 is 19.1. The van der Waals surface area contributed by atoms with E-state index in [1.54, 1.807) is 6.07 Å². The van der Waals surface area contributed by atoms with Crippen LogP contribution in [0.5, 0.6) is 5.75 Å². The number of halogens is 2. The van der Waals surface area contributed by atoms with E-state index in [0.29, 0.717) is 30.2 Å². The van der Waals surface area contributed by atoms with Crippen molar-refractivity contribution in [2.75, 3.05) is 5.88 Å². The summed E-state index contributed by atoms with van der Waals surface area (Å²) in [5, 5.41) is 0. The van der Waals surface area contributed by atoms with Gasteiger partial charge in [-0.15, -0.1) is 11.6 Å². The molecule has 0 unspecified atom stereocenters. The van der Waals surface area contributed by atoms with Crippen LogP contribution in [-0.4, -0.2) is 5.88 Å². The quantitative estimate of drug-likeness (QED) is 0.588.